The van der Waals surface area contributed by atoms with Gasteiger partial charge in [-0.15, -0.1) is 0 Å². The van der Waals surface area contributed by atoms with Crippen LogP contribution in [-0.4, -0.2) is 51.0 Å². The molecule has 4 rings (SSSR count). The average Bonchev–Trinajstić information content (AvgIpc) is 3.54. The number of H-pyrrole nitrogens is 1. The van der Waals surface area contributed by atoms with Crippen LogP contribution in [0.25, 0.3) is 0 Å². The summed E-state index contributed by atoms with van der Waals surface area (Å²) in [6.45, 7) is 1.75. The van der Waals surface area contributed by atoms with Crippen molar-refractivity contribution in [3.8, 4) is 0 Å². The topological polar surface area (TPSA) is 91.0 Å². The van der Waals surface area contributed by atoms with E-state index in [4.69, 9.17) is 0 Å². The van der Waals surface area contributed by atoms with Crippen LogP contribution < -0.4 is 10.9 Å². The summed E-state index contributed by atoms with van der Waals surface area (Å²) in [6, 6.07) is 5.63. The molecule has 2 unspecified atom stereocenters. The van der Waals surface area contributed by atoms with E-state index in [0.29, 0.717) is 11.7 Å². The van der Waals surface area contributed by atoms with Crippen LogP contribution in [0.1, 0.15) is 49.3 Å². The first-order valence-electron chi connectivity index (χ1n) is 9.78. The molecular formula is C20H23F2N5O2. The molecule has 2 aromatic rings. The molecule has 3 heterocycles. The molecule has 0 spiro atoms. The maximum Gasteiger partial charge on any atom is 0.264 e. The van der Waals surface area contributed by atoms with E-state index in [9.17, 15) is 18.4 Å². The monoisotopic (exact) mass is 403 g/mol. The molecule has 1 saturated carbocycles. The van der Waals surface area contributed by atoms with Crippen molar-refractivity contribution in [3.05, 3.63) is 52.1 Å². The fraction of sp³-hybridized carbons (Fsp3) is 0.500. The van der Waals surface area contributed by atoms with Gasteiger partial charge in [0.2, 0.25) is 5.91 Å². The number of rotatable bonds is 5. The number of piperidine rings is 1. The Kier molecular flexibility index (Phi) is 5.16. The number of halogens is 2. The molecule has 2 fully saturated rings. The molecule has 1 aliphatic carbocycles. The zero-order chi connectivity index (χ0) is 20.6. The highest BCUT2D eigenvalue weighted by atomic mass is 19.3. The van der Waals surface area contributed by atoms with Crippen LogP contribution >= 0.6 is 0 Å². The number of aromatic nitrogens is 3. The molecule has 2 N–H and O–H groups in total. The predicted molar refractivity (Wildman–Crippen MR) is 103 cm³/mol. The third-order valence-corrected chi connectivity index (χ3v) is 5.73. The van der Waals surface area contributed by atoms with Crippen LogP contribution in [0.2, 0.25) is 0 Å². The molecule has 0 bridgehead atoms. The minimum atomic E-state index is -2.96. The smallest absolute Gasteiger partial charge is 0.264 e. The second kappa shape index (κ2) is 7.62. The van der Waals surface area contributed by atoms with Gasteiger partial charge in [0.1, 0.15) is 5.82 Å². The Labute approximate surface area is 166 Å². The van der Waals surface area contributed by atoms with Gasteiger partial charge >= 0.3 is 0 Å². The fourth-order valence-electron chi connectivity index (χ4n) is 3.67. The Morgan fingerprint density at radius 1 is 1.31 bits per heavy atom. The molecule has 2 aliphatic rings. The maximum absolute atomic E-state index is 14.5. The summed E-state index contributed by atoms with van der Waals surface area (Å²) in [7, 11) is 0. The second-order valence-electron chi connectivity index (χ2n) is 7.82. The van der Waals surface area contributed by atoms with Crippen molar-refractivity contribution in [3.63, 3.8) is 0 Å². The van der Waals surface area contributed by atoms with Crippen molar-refractivity contribution in [2.24, 2.45) is 0 Å². The first-order valence-corrected chi connectivity index (χ1v) is 9.78. The number of hydrogen-bond donors (Lipinski definition) is 2. The molecule has 0 radical (unpaired) electrons. The van der Waals surface area contributed by atoms with Crippen molar-refractivity contribution in [1.29, 1.82) is 0 Å². The van der Waals surface area contributed by atoms with Crippen LogP contribution in [0.5, 0.6) is 0 Å². The van der Waals surface area contributed by atoms with E-state index in [2.05, 4.69) is 20.5 Å². The standard InChI is InChI=1S/C20H23F2N5O2/c1-12(19(29)24-17-6-4-14(10-23-17)13-2-3-13)27-9-8-20(21,22)15(11-27)16-5-7-18(28)26-25-16/h4-7,10,12-13,15H,2-3,8-9,11H2,1H3,(H,26,28)(H,23,24,29). The average molecular weight is 403 g/mol. The van der Waals surface area contributed by atoms with Gasteiger partial charge < -0.3 is 5.32 Å². The molecule has 2 aromatic heterocycles. The van der Waals surface area contributed by atoms with Crippen LogP contribution in [-0.2, 0) is 4.79 Å². The lowest BCUT2D eigenvalue weighted by molar-refractivity contribution is -0.125. The third kappa shape index (κ3) is 4.34. The fourth-order valence-corrected chi connectivity index (χ4v) is 3.67. The molecule has 9 heteroatoms. The number of anilines is 1. The number of likely N-dealkylation sites (tertiary alicyclic amines) is 1. The van der Waals surface area contributed by atoms with Crippen LogP contribution in [0.3, 0.4) is 0 Å². The number of pyridine rings is 1. The summed E-state index contributed by atoms with van der Waals surface area (Å²) < 4.78 is 29.0. The van der Waals surface area contributed by atoms with E-state index in [1.54, 1.807) is 24.1 Å². The summed E-state index contributed by atoms with van der Waals surface area (Å²) in [5.74, 6) is -3.42. The lowest BCUT2D eigenvalue weighted by Crippen LogP contribution is -2.52. The quantitative estimate of drug-likeness (QED) is 0.801. The van der Waals surface area contributed by atoms with Crippen LogP contribution in [0.15, 0.2) is 35.3 Å². The zero-order valence-corrected chi connectivity index (χ0v) is 16.1. The first kappa shape index (κ1) is 19.6. The van der Waals surface area contributed by atoms with Gasteiger partial charge in [-0.25, -0.2) is 18.9 Å². The predicted octanol–water partition coefficient (Wildman–Crippen LogP) is 2.49. The molecule has 1 amide bonds. The highest BCUT2D eigenvalue weighted by Gasteiger charge is 2.47. The number of alkyl halides is 2. The Hall–Kier alpha value is -2.68. The number of hydrogen-bond acceptors (Lipinski definition) is 5. The van der Waals surface area contributed by atoms with Gasteiger partial charge in [-0.3, -0.25) is 14.5 Å². The van der Waals surface area contributed by atoms with E-state index >= 15 is 0 Å². The first-order chi connectivity index (χ1) is 13.8. The normalized spacial score (nSPS) is 22.8. The van der Waals surface area contributed by atoms with Gasteiger partial charge in [0.25, 0.3) is 11.5 Å². The van der Waals surface area contributed by atoms with Crippen molar-refractivity contribution in [2.45, 2.75) is 50.0 Å². The molecule has 154 valence electrons. The number of aromatic amines is 1. The van der Waals surface area contributed by atoms with E-state index in [1.807, 2.05) is 6.07 Å². The zero-order valence-electron chi connectivity index (χ0n) is 16.1. The van der Waals surface area contributed by atoms with E-state index in [1.165, 1.54) is 30.5 Å². The molecule has 0 aromatic carbocycles. The SMILES string of the molecule is CC(C(=O)Nc1ccc(C2CC2)cn1)N1CCC(F)(F)C(c2ccc(=O)[nH]n2)C1. The highest BCUT2D eigenvalue weighted by molar-refractivity contribution is 5.93. The number of amides is 1. The maximum atomic E-state index is 14.5. The van der Waals surface area contributed by atoms with Gasteiger partial charge in [0.05, 0.1) is 17.7 Å². The van der Waals surface area contributed by atoms with Crippen LogP contribution in [0.4, 0.5) is 14.6 Å². The highest BCUT2D eigenvalue weighted by Crippen LogP contribution is 2.40. The van der Waals surface area contributed by atoms with Crippen molar-refractivity contribution >= 4 is 11.7 Å². The Morgan fingerprint density at radius 3 is 2.72 bits per heavy atom. The number of nitrogens with zero attached hydrogens (tertiary/aromatic N) is 3. The molecule has 7 nitrogen and oxygen atoms in total. The summed E-state index contributed by atoms with van der Waals surface area (Å²) in [6.07, 6.45) is 3.74. The number of nitrogens with one attached hydrogen (secondary N) is 2. The molecule has 1 aliphatic heterocycles. The summed E-state index contributed by atoms with van der Waals surface area (Å²) >= 11 is 0. The van der Waals surface area contributed by atoms with E-state index in [-0.39, 0.29) is 31.1 Å². The summed E-state index contributed by atoms with van der Waals surface area (Å²) in [4.78, 5) is 29.8. The molecule has 2 atom stereocenters. The van der Waals surface area contributed by atoms with Gasteiger partial charge in [-0.05, 0) is 43.4 Å². The lowest BCUT2D eigenvalue weighted by atomic mass is 9.89. The Balaban J connectivity index is 1.43. The van der Waals surface area contributed by atoms with Crippen molar-refractivity contribution < 1.29 is 13.6 Å². The van der Waals surface area contributed by atoms with Gasteiger partial charge in [0, 0.05) is 31.8 Å². The summed E-state index contributed by atoms with van der Waals surface area (Å²) in [5.41, 5.74) is 0.840. The van der Waals surface area contributed by atoms with E-state index in [0.717, 1.165) is 0 Å². The van der Waals surface area contributed by atoms with Crippen molar-refractivity contribution in [1.82, 2.24) is 20.1 Å². The van der Waals surface area contributed by atoms with Gasteiger partial charge in [-0.2, -0.15) is 5.10 Å². The summed E-state index contributed by atoms with van der Waals surface area (Å²) in [5, 5.41) is 8.75. The molecule has 1 saturated heterocycles. The minimum absolute atomic E-state index is 0.0331. The molecule has 29 heavy (non-hydrogen) atoms. The minimum Gasteiger partial charge on any atom is -0.309 e. The largest absolute Gasteiger partial charge is 0.309 e. The number of carbonyl (C=O) groups is 1. The molecular weight excluding hydrogens is 380 g/mol. The lowest BCUT2D eigenvalue weighted by Gasteiger charge is -2.40. The van der Waals surface area contributed by atoms with Crippen molar-refractivity contribution in [2.75, 3.05) is 18.4 Å². The second-order valence-corrected chi connectivity index (χ2v) is 7.82. The third-order valence-electron chi connectivity index (χ3n) is 5.73. The van der Waals surface area contributed by atoms with Crippen LogP contribution in [0, 0.1) is 0 Å². The Morgan fingerprint density at radius 2 is 2.10 bits per heavy atom. The van der Waals surface area contributed by atoms with Gasteiger partial charge in [-0.1, -0.05) is 6.07 Å². The number of carbonyl (C=O) groups excluding carboxylic acids is 1. The Bertz CT molecular complexity index is 922. The van der Waals surface area contributed by atoms with E-state index < -0.39 is 23.4 Å². The van der Waals surface area contributed by atoms with Gasteiger partial charge in [0.15, 0.2) is 0 Å².